The number of hydrogen-bond donors (Lipinski definition) is 0. The van der Waals surface area contributed by atoms with Crippen LogP contribution in [0.1, 0.15) is 33.9 Å². The third kappa shape index (κ3) is 4.33. The molecule has 1 heterocycles. The Balaban J connectivity index is 1.51. The lowest BCUT2D eigenvalue weighted by molar-refractivity contribution is 0.436. The number of nitrogens with zero attached hydrogens (tertiary/aromatic N) is 1. The third-order valence-corrected chi connectivity index (χ3v) is 7.57. The van der Waals surface area contributed by atoms with Crippen molar-refractivity contribution in [2.45, 2.75) is 24.3 Å². The molecule has 1 aliphatic heterocycles. The summed E-state index contributed by atoms with van der Waals surface area (Å²) in [5.41, 5.74) is 8.21. The third-order valence-electron chi connectivity index (χ3n) is 7.57. The summed E-state index contributed by atoms with van der Waals surface area (Å²) in [6.07, 6.45) is 2.01. The van der Waals surface area contributed by atoms with Crippen LogP contribution in [0.25, 0.3) is 0 Å². The first-order valence-electron chi connectivity index (χ1n) is 12.9. The van der Waals surface area contributed by atoms with Crippen molar-refractivity contribution < 1.29 is 0 Å². The second kappa shape index (κ2) is 9.87. The zero-order chi connectivity index (χ0) is 24.2. The quantitative estimate of drug-likeness (QED) is 0.235. The van der Waals surface area contributed by atoms with Gasteiger partial charge in [-0.3, -0.25) is 0 Å². The van der Waals surface area contributed by atoms with E-state index >= 15 is 0 Å². The van der Waals surface area contributed by atoms with Gasteiger partial charge in [0.05, 0.1) is 6.04 Å². The maximum absolute atomic E-state index is 2.66. The molecule has 0 saturated carbocycles. The first kappa shape index (κ1) is 22.4. The second-order valence-electron chi connectivity index (χ2n) is 9.97. The van der Waals surface area contributed by atoms with Crippen LogP contribution in [-0.2, 0) is 18.3 Å². The van der Waals surface area contributed by atoms with Crippen molar-refractivity contribution in [3.05, 3.63) is 173 Å². The smallest absolute Gasteiger partial charge is 0.0796 e. The van der Waals surface area contributed by atoms with Gasteiger partial charge in [-0.25, -0.2) is 0 Å². The molecular weight excluding hydrogens is 434 g/mol. The van der Waals surface area contributed by atoms with Crippen LogP contribution >= 0.6 is 0 Å². The fourth-order valence-corrected chi connectivity index (χ4v) is 6.06. The fraction of sp³-hybridized carbons (Fsp3) is 0.143. The second-order valence-corrected chi connectivity index (χ2v) is 9.97. The molecule has 0 spiro atoms. The Morgan fingerprint density at radius 2 is 0.917 bits per heavy atom. The Bertz CT molecular complexity index is 1310. The van der Waals surface area contributed by atoms with E-state index in [-0.39, 0.29) is 11.5 Å². The molecule has 0 saturated heterocycles. The van der Waals surface area contributed by atoms with Crippen LogP contribution in [-0.4, -0.2) is 6.54 Å². The molecule has 0 aromatic heterocycles. The molecule has 0 unspecified atom stereocenters. The zero-order valence-corrected chi connectivity index (χ0v) is 20.5. The van der Waals surface area contributed by atoms with Gasteiger partial charge < -0.3 is 4.90 Å². The van der Waals surface area contributed by atoms with Gasteiger partial charge in [0.1, 0.15) is 0 Å². The van der Waals surface area contributed by atoms with Crippen LogP contribution in [0.2, 0.25) is 0 Å². The van der Waals surface area contributed by atoms with Crippen molar-refractivity contribution >= 4 is 5.69 Å². The van der Waals surface area contributed by atoms with E-state index in [2.05, 4.69) is 150 Å². The fourth-order valence-electron chi connectivity index (χ4n) is 6.06. The average Bonchev–Trinajstić information content (AvgIpc) is 3.24. The molecule has 0 N–H and O–H groups in total. The minimum atomic E-state index is -0.0267. The van der Waals surface area contributed by atoms with Gasteiger partial charge in [-0.1, -0.05) is 140 Å². The van der Waals surface area contributed by atoms with E-state index in [1.807, 2.05) is 0 Å². The van der Waals surface area contributed by atoms with Crippen LogP contribution in [0.15, 0.2) is 146 Å². The Morgan fingerprint density at radius 1 is 0.500 bits per heavy atom. The molecule has 176 valence electrons. The maximum atomic E-state index is 2.66. The number of rotatable bonds is 7. The molecule has 0 bridgehead atoms. The molecule has 0 fully saturated rings. The van der Waals surface area contributed by atoms with E-state index in [1.54, 1.807) is 0 Å². The van der Waals surface area contributed by atoms with Gasteiger partial charge in [0, 0.05) is 17.6 Å². The highest BCUT2D eigenvalue weighted by molar-refractivity contribution is 5.66. The van der Waals surface area contributed by atoms with Gasteiger partial charge in [0.25, 0.3) is 0 Å². The van der Waals surface area contributed by atoms with E-state index in [9.17, 15) is 0 Å². The van der Waals surface area contributed by atoms with Crippen LogP contribution < -0.4 is 4.90 Å². The lowest BCUT2D eigenvalue weighted by atomic mass is 9.72. The Labute approximate surface area is 214 Å². The van der Waals surface area contributed by atoms with Crippen molar-refractivity contribution in [3.63, 3.8) is 0 Å². The first-order chi connectivity index (χ1) is 17.8. The average molecular weight is 466 g/mol. The lowest BCUT2D eigenvalue weighted by Crippen LogP contribution is -2.39. The highest BCUT2D eigenvalue weighted by Gasteiger charge is 2.45. The van der Waals surface area contributed by atoms with Crippen LogP contribution in [0.4, 0.5) is 5.69 Å². The number of hydrogen-bond acceptors (Lipinski definition) is 1. The zero-order valence-electron chi connectivity index (χ0n) is 20.5. The SMILES string of the molecule is c1ccc(CC2(Cc3ccccc3)CN(C(c3ccccc3)c3ccccc3)c3ccccc32)cc1. The van der Waals surface area contributed by atoms with Crippen LogP contribution in [0, 0.1) is 0 Å². The molecule has 1 heteroatoms. The molecule has 1 aliphatic rings. The summed E-state index contributed by atoms with van der Waals surface area (Å²) >= 11 is 0. The lowest BCUT2D eigenvalue weighted by Gasteiger charge is -2.35. The largest absolute Gasteiger partial charge is 0.359 e. The molecule has 1 nitrogen and oxygen atoms in total. The molecule has 0 aliphatic carbocycles. The van der Waals surface area contributed by atoms with Crippen LogP contribution in [0.5, 0.6) is 0 Å². The number of para-hydroxylation sites is 1. The molecule has 6 rings (SSSR count). The van der Waals surface area contributed by atoms with E-state index < -0.39 is 0 Å². The summed E-state index contributed by atoms with van der Waals surface area (Å²) in [7, 11) is 0. The number of benzene rings is 5. The number of fused-ring (bicyclic) bond motifs is 1. The standard InChI is InChI=1S/C35H31N/c1-5-15-28(16-6-1)25-35(26-29-17-7-2-8-18-29)27-36(33-24-14-13-23-32(33)35)34(30-19-9-3-10-20-30)31-21-11-4-12-22-31/h1-24,34H,25-27H2. The summed E-state index contributed by atoms with van der Waals surface area (Å²) in [5.74, 6) is 0. The highest BCUT2D eigenvalue weighted by atomic mass is 15.2. The van der Waals surface area contributed by atoms with E-state index in [4.69, 9.17) is 0 Å². The summed E-state index contributed by atoms with van der Waals surface area (Å²) in [4.78, 5) is 2.66. The molecule has 0 amide bonds. The van der Waals surface area contributed by atoms with Gasteiger partial charge >= 0.3 is 0 Å². The maximum Gasteiger partial charge on any atom is 0.0796 e. The van der Waals surface area contributed by atoms with Gasteiger partial charge in [-0.15, -0.1) is 0 Å². The Morgan fingerprint density at radius 3 is 1.42 bits per heavy atom. The molecule has 36 heavy (non-hydrogen) atoms. The van der Waals surface area contributed by atoms with Gasteiger partial charge in [0.15, 0.2) is 0 Å². The summed E-state index contributed by atoms with van der Waals surface area (Å²) in [6, 6.07) is 53.2. The normalized spacial score (nSPS) is 14.1. The van der Waals surface area contributed by atoms with Gasteiger partial charge in [-0.2, -0.15) is 0 Å². The van der Waals surface area contributed by atoms with Gasteiger partial charge in [0.2, 0.25) is 0 Å². The molecule has 5 aromatic carbocycles. The highest BCUT2D eigenvalue weighted by Crippen LogP contribution is 2.49. The first-order valence-corrected chi connectivity index (χ1v) is 12.9. The number of anilines is 1. The molecular formula is C35H31N. The molecule has 0 atom stereocenters. The predicted octanol–water partition coefficient (Wildman–Crippen LogP) is 8.02. The van der Waals surface area contributed by atoms with Crippen molar-refractivity contribution in [1.82, 2.24) is 0 Å². The van der Waals surface area contributed by atoms with Crippen molar-refractivity contribution in [2.24, 2.45) is 0 Å². The van der Waals surface area contributed by atoms with E-state index in [0.717, 1.165) is 19.4 Å². The minimum Gasteiger partial charge on any atom is -0.359 e. The summed E-state index contributed by atoms with van der Waals surface area (Å²) in [5, 5.41) is 0. The van der Waals surface area contributed by atoms with Crippen molar-refractivity contribution in [1.29, 1.82) is 0 Å². The van der Waals surface area contributed by atoms with E-state index in [1.165, 1.54) is 33.5 Å². The van der Waals surface area contributed by atoms with Gasteiger partial charge in [-0.05, 0) is 46.7 Å². The Hall–Kier alpha value is -4.10. The molecule has 5 aromatic rings. The van der Waals surface area contributed by atoms with Crippen LogP contribution in [0.3, 0.4) is 0 Å². The Kier molecular flexibility index (Phi) is 6.13. The van der Waals surface area contributed by atoms with E-state index in [0.29, 0.717) is 0 Å². The summed E-state index contributed by atoms with van der Waals surface area (Å²) in [6.45, 7) is 0.963. The molecule has 0 radical (unpaired) electrons. The topological polar surface area (TPSA) is 3.24 Å². The van der Waals surface area contributed by atoms with Crippen molar-refractivity contribution in [2.75, 3.05) is 11.4 Å². The minimum absolute atomic E-state index is 0.0267. The monoisotopic (exact) mass is 465 g/mol. The predicted molar refractivity (Wildman–Crippen MR) is 150 cm³/mol. The summed E-state index contributed by atoms with van der Waals surface area (Å²) < 4.78 is 0. The van der Waals surface area contributed by atoms with Crippen molar-refractivity contribution in [3.8, 4) is 0 Å².